The van der Waals surface area contributed by atoms with Gasteiger partial charge in [0.15, 0.2) is 0 Å². The summed E-state index contributed by atoms with van der Waals surface area (Å²) in [6.45, 7) is 0. The molecule has 0 amide bonds. The van der Waals surface area contributed by atoms with E-state index in [1.54, 1.807) is 12.1 Å². The second-order valence-electron chi connectivity index (χ2n) is 1.79. The largest absolute Gasteiger partial charge is 0.545 e. The highest BCUT2D eigenvalue weighted by Crippen LogP contribution is 2.09. The smallest absolute Gasteiger partial charge is 0.0715 e. The molecule has 1 aromatic rings. The van der Waals surface area contributed by atoms with Gasteiger partial charge in [0.25, 0.3) is 0 Å². The molecule has 0 saturated carbocycles. The van der Waals surface area contributed by atoms with E-state index < -0.39 is 5.97 Å². The van der Waals surface area contributed by atoms with Crippen LogP contribution in [0.3, 0.4) is 0 Å². The summed E-state index contributed by atoms with van der Waals surface area (Å²) in [7, 11) is 0. The number of carbonyl (C=O) groups is 1. The summed E-state index contributed by atoms with van der Waals surface area (Å²) in [4.78, 5) is 10.2. The highest BCUT2D eigenvalue weighted by Gasteiger charge is 1.90. The van der Waals surface area contributed by atoms with Crippen LogP contribution in [0.4, 0.5) is 0 Å². The Hall–Kier alpha value is -0.830. The lowest BCUT2D eigenvalue weighted by Gasteiger charge is -1.99. The molecule has 10 heavy (non-hydrogen) atoms. The van der Waals surface area contributed by atoms with Gasteiger partial charge in [-0.15, -0.1) is 0 Å². The van der Waals surface area contributed by atoms with E-state index in [1.165, 1.54) is 12.1 Å². The van der Waals surface area contributed by atoms with Crippen molar-refractivity contribution < 1.29 is 9.90 Å². The number of carboxylic acids is 1. The third-order valence-electron chi connectivity index (χ3n) is 1.08. The Bertz CT molecular complexity index is 240. The Morgan fingerprint density at radius 1 is 1.30 bits per heavy atom. The second-order valence-corrected chi connectivity index (χ2v) is 2.71. The molecule has 0 aliphatic heterocycles. The van der Waals surface area contributed by atoms with Gasteiger partial charge in [0.2, 0.25) is 0 Å². The molecule has 52 valence electrons. The van der Waals surface area contributed by atoms with Crippen molar-refractivity contribution >= 4 is 21.9 Å². The summed E-state index contributed by atoms with van der Waals surface area (Å²) in [6, 6.07) is 6.29. The van der Waals surface area contributed by atoms with Crippen LogP contribution in [-0.2, 0) is 0 Å². The molecule has 0 aliphatic carbocycles. The van der Waals surface area contributed by atoms with Crippen molar-refractivity contribution in [2.45, 2.75) is 0 Å². The molecule has 0 radical (unpaired) electrons. The highest BCUT2D eigenvalue weighted by molar-refractivity contribution is 9.10. The van der Waals surface area contributed by atoms with E-state index in [4.69, 9.17) is 0 Å². The normalized spacial score (nSPS) is 9.30. The molecule has 0 spiro atoms. The third kappa shape index (κ3) is 1.57. The molecule has 0 aromatic heterocycles. The SMILES string of the molecule is O=C([O-])c1ccc(Br)cc1. The van der Waals surface area contributed by atoms with E-state index in [0.717, 1.165) is 4.47 Å². The average molecular weight is 200 g/mol. The number of hydrogen-bond donors (Lipinski definition) is 0. The van der Waals surface area contributed by atoms with E-state index >= 15 is 0 Å². The Labute approximate surface area is 66.6 Å². The van der Waals surface area contributed by atoms with Gasteiger partial charge >= 0.3 is 0 Å². The topological polar surface area (TPSA) is 40.1 Å². The van der Waals surface area contributed by atoms with E-state index in [-0.39, 0.29) is 5.56 Å². The maximum atomic E-state index is 10.2. The van der Waals surface area contributed by atoms with Crippen LogP contribution in [-0.4, -0.2) is 5.97 Å². The van der Waals surface area contributed by atoms with Crippen molar-refractivity contribution in [2.24, 2.45) is 0 Å². The summed E-state index contributed by atoms with van der Waals surface area (Å²) in [5.74, 6) is -1.15. The molecular weight excluding hydrogens is 196 g/mol. The lowest BCUT2D eigenvalue weighted by molar-refractivity contribution is -0.255. The Kier molecular flexibility index (Phi) is 2.06. The van der Waals surface area contributed by atoms with Crippen LogP contribution in [0.25, 0.3) is 0 Å². The number of carboxylic acid groups (broad SMARTS) is 1. The number of carbonyl (C=O) groups excluding carboxylic acids is 1. The maximum absolute atomic E-state index is 10.2. The number of benzene rings is 1. The first-order valence-corrected chi connectivity index (χ1v) is 3.46. The van der Waals surface area contributed by atoms with Gasteiger partial charge in [-0.3, -0.25) is 0 Å². The van der Waals surface area contributed by atoms with E-state index in [9.17, 15) is 9.90 Å². The molecule has 0 bridgehead atoms. The summed E-state index contributed by atoms with van der Waals surface area (Å²) >= 11 is 3.18. The minimum Gasteiger partial charge on any atom is -0.545 e. The van der Waals surface area contributed by atoms with Gasteiger partial charge in [-0.2, -0.15) is 0 Å². The standard InChI is InChI=1S/C7H5BrO2/c8-6-3-1-5(2-4-6)7(9)10/h1-4H,(H,9,10)/p-1. The van der Waals surface area contributed by atoms with Gasteiger partial charge in [-0.1, -0.05) is 28.1 Å². The Balaban J connectivity index is 3.00. The fourth-order valence-electron chi connectivity index (χ4n) is 0.586. The quantitative estimate of drug-likeness (QED) is 0.672. The van der Waals surface area contributed by atoms with Gasteiger partial charge in [-0.05, 0) is 17.7 Å². The minimum atomic E-state index is -1.15. The molecule has 0 aliphatic rings. The summed E-state index contributed by atoms with van der Waals surface area (Å²) in [6.07, 6.45) is 0. The van der Waals surface area contributed by atoms with Crippen LogP contribution in [0.2, 0.25) is 0 Å². The van der Waals surface area contributed by atoms with Crippen molar-refractivity contribution in [3.05, 3.63) is 34.3 Å². The fourth-order valence-corrected chi connectivity index (χ4v) is 0.850. The Morgan fingerprint density at radius 2 is 1.80 bits per heavy atom. The fraction of sp³-hybridized carbons (Fsp3) is 0. The molecule has 0 saturated heterocycles. The van der Waals surface area contributed by atoms with Gasteiger partial charge in [-0.25, -0.2) is 0 Å². The molecular formula is C7H4BrO2-. The molecule has 2 nitrogen and oxygen atoms in total. The first-order valence-electron chi connectivity index (χ1n) is 2.67. The number of rotatable bonds is 1. The molecule has 3 heteroatoms. The zero-order valence-electron chi connectivity index (χ0n) is 5.00. The zero-order valence-corrected chi connectivity index (χ0v) is 6.59. The molecule has 1 aromatic carbocycles. The van der Waals surface area contributed by atoms with Crippen LogP contribution in [0.15, 0.2) is 28.7 Å². The number of halogens is 1. The summed E-state index contributed by atoms with van der Waals surface area (Å²) < 4.78 is 0.859. The van der Waals surface area contributed by atoms with Crippen LogP contribution >= 0.6 is 15.9 Å². The van der Waals surface area contributed by atoms with Crippen LogP contribution < -0.4 is 5.11 Å². The van der Waals surface area contributed by atoms with Crippen LogP contribution in [0.5, 0.6) is 0 Å². The van der Waals surface area contributed by atoms with E-state index in [2.05, 4.69) is 15.9 Å². The van der Waals surface area contributed by atoms with Crippen LogP contribution in [0, 0.1) is 0 Å². The van der Waals surface area contributed by atoms with E-state index in [0.29, 0.717) is 0 Å². The van der Waals surface area contributed by atoms with Crippen molar-refractivity contribution in [3.8, 4) is 0 Å². The summed E-state index contributed by atoms with van der Waals surface area (Å²) in [5.41, 5.74) is 0.197. The predicted octanol–water partition coefficient (Wildman–Crippen LogP) is 0.813. The summed E-state index contributed by atoms with van der Waals surface area (Å²) in [5, 5.41) is 10.2. The maximum Gasteiger partial charge on any atom is 0.0715 e. The van der Waals surface area contributed by atoms with Crippen molar-refractivity contribution in [1.82, 2.24) is 0 Å². The molecule has 0 atom stereocenters. The van der Waals surface area contributed by atoms with Gasteiger partial charge in [0.05, 0.1) is 5.97 Å². The molecule has 0 heterocycles. The zero-order chi connectivity index (χ0) is 7.56. The predicted molar refractivity (Wildman–Crippen MR) is 38.5 cm³/mol. The van der Waals surface area contributed by atoms with Crippen molar-refractivity contribution in [3.63, 3.8) is 0 Å². The molecule has 0 fully saturated rings. The number of hydrogen-bond acceptors (Lipinski definition) is 2. The number of aromatic carboxylic acids is 1. The van der Waals surface area contributed by atoms with Crippen molar-refractivity contribution in [1.29, 1.82) is 0 Å². The van der Waals surface area contributed by atoms with Gasteiger partial charge in [0, 0.05) is 4.47 Å². The first-order chi connectivity index (χ1) is 4.70. The average Bonchev–Trinajstić information content (AvgIpc) is 1.88. The lowest BCUT2D eigenvalue weighted by Crippen LogP contribution is -2.21. The first kappa shape index (κ1) is 7.28. The lowest BCUT2D eigenvalue weighted by atomic mass is 10.2. The van der Waals surface area contributed by atoms with Gasteiger partial charge < -0.3 is 9.90 Å². The minimum absolute atomic E-state index is 0.197. The third-order valence-corrected chi connectivity index (χ3v) is 1.61. The molecule has 0 unspecified atom stereocenters. The van der Waals surface area contributed by atoms with E-state index in [1.807, 2.05) is 0 Å². The van der Waals surface area contributed by atoms with Gasteiger partial charge in [0.1, 0.15) is 0 Å². The molecule has 0 N–H and O–H groups in total. The Morgan fingerprint density at radius 3 is 2.20 bits per heavy atom. The molecule has 1 rings (SSSR count). The van der Waals surface area contributed by atoms with Crippen molar-refractivity contribution in [2.75, 3.05) is 0 Å². The van der Waals surface area contributed by atoms with Crippen LogP contribution in [0.1, 0.15) is 10.4 Å². The monoisotopic (exact) mass is 199 g/mol. The second kappa shape index (κ2) is 2.84. The highest BCUT2D eigenvalue weighted by atomic mass is 79.9.